The number of hydrogen-bond donors (Lipinski definition) is 0. The fourth-order valence-corrected chi connectivity index (χ4v) is 10.0. The maximum atomic E-state index is 6.78. The molecule has 3 heteroatoms. The topological polar surface area (TPSA) is 21.3 Å². The van der Waals surface area contributed by atoms with Gasteiger partial charge < -0.3 is 13.9 Å². The first-order chi connectivity index (χ1) is 29.5. The van der Waals surface area contributed by atoms with Gasteiger partial charge in [0.15, 0.2) is 0 Å². The fourth-order valence-electron chi connectivity index (χ4n) is 10.0. The van der Waals surface area contributed by atoms with Crippen LogP contribution >= 0.6 is 0 Å². The molecule has 0 spiro atoms. The lowest BCUT2D eigenvalue weighted by atomic mass is 9.82. The summed E-state index contributed by atoms with van der Waals surface area (Å²) in [6.45, 7) is 4.71. The van der Waals surface area contributed by atoms with Crippen LogP contribution in [-0.4, -0.2) is 4.57 Å². The standard InChI is InChI=1S/C57H40N2O/c1-57(2)47-26-14-12-23-43(47)44-34-33-42(35-48(44)57)58(40-19-8-4-9-20-40)49-27-16-25-46-54-50(59(56(46)49)41-21-10-5-11-22-41)36-52-55(45-24-13-15-28-51(45)60-52)53(54)39-31-29-38(30-32-39)37-17-6-3-7-18-37/h3-36H,1-2H3. The van der Waals surface area contributed by atoms with Crippen LogP contribution in [-0.2, 0) is 5.41 Å². The Morgan fingerprint density at radius 2 is 1.08 bits per heavy atom. The Balaban J connectivity index is 1.19. The molecule has 0 aliphatic heterocycles. The number of nitrogens with zero attached hydrogens (tertiary/aromatic N) is 2. The quantitative estimate of drug-likeness (QED) is 0.168. The van der Waals surface area contributed by atoms with Gasteiger partial charge in [0.2, 0.25) is 0 Å². The zero-order chi connectivity index (χ0) is 40.0. The summed E-state index contributed by atoms with van der Waals surface area (Å²) >= 11 is 0. The summed E-state index contributed by atoms with van der Waals surface area (Å²) < 4.78 is 9.24. The number of para-hydroxylation sites is 4. The Morgan fingerprint density at radius 1 is 0.450 bits per heavy atom. The molecule has 1 aliphatic carbocycles. The van der Waals surface area contributed by atoms with Crippen molar-refractivity contribution in [1.29, 1.82) is 0 Å². The molecule has 12 rings (SSSR count). The van der Waals surface area contributed by atoms with E-state index in [0.29, 0.717) is 0 Å². The molecule has 0 fully saturated rings. The van der Waals surface area contributed by atoms with Gasteiger partial charge in [-0.2, -0.15) is 0 Å². The molecule has 0 saturated heterocycles. The van der Waals surface area contributed by atoms with Crippen LogP contribution in [0.5, 0.6) is 0 Å². The van der Waals surface area contributed by atoms with Crippen LogP contribution < -0.4 is 4.90 Å². The van der Waals surface area contributed by atoms with Crippen LogP contribution in [0.3, 0.4) is 0 Å². The molecule has 0 atom stereocenters. The second-order valence-corrected chi connectivity index (χ2v) is 16.5. The minimum atomic E-state index is -0.142. The van der Waals surface area contributed by atoms with E-state index in [2.05, 4.69) is 230 Å². The molecule has 284 valence electrons. The molecular weight excluding hydrogens is 729 g/mol. The highest BCUT2D eigenvalue weighted by Crippen LogP contribution is 2.53. The first-order valence-electron chi connectivity index (χ1n) is 20.8. The molecule has 0 saturated carbocycles. The molecule has 2 heterocycles. The van der Waals surface area contributed by atoms with Crippen molar-refractivity contribution in [3.8, 4) is 39.1 Å². The number of anilines is 3. The molecule has 0 N–H and O–H groups in total. The van der Waals surface area contributed by atoms with Crippen LogP contribution in [0.25, 0.3) is 82.8 Å². The lowest BCUT2D eigenvalue weighted by Gasteiger charge is -2.29. The van der Waals surface area contributed by atoms with Crippen molar-refractivity contribution < 1.29 is 4.42 Å². The number of aromatic nitrogens is 1. The molecular formula is C57H40N2O. The zero-order valence-corrected chi connectivity index (χ0v) is 33.4. The third-order valence-corrected chi connectivity index (χ3v) is 12.8. The molecule has 0 unspecified atom stereocenters. The van der Waals surface area contributed by atoms with Gasteiger partial charge in [0, 0.05) is 55.7 Å². The van der Waals surface area contributed by atoms with Crippen LogP contribution in [0.2, 0.25) is 0 Å². The zero-order valence-electron chi connectivity index (χ0n) is 33.4. The van der Waals surface area contributed by atoms with Crippen molar-refractivity contribution in [1.82, 2.24) is 4.57 Å². The number of benzene rings is 9. The van der Waals surface area contributed by atoms with Gasteiger partial charge in [0.1, 0.15) is 11.2 Å². The number of rotatable bonds is 6. The number of fused-ring (bicyclic) bond motifs is 9. The van der Waals surface area contributed by atoms with Crippen LogP contribution in [0.4, 0.5) is 17.1 Å². The average molecular weight is 769 g/mol. The summed E-state index contributed by atoms with van der Waals surface area (Å²) in [6, 6.07) is 74.8. The summed E-state index contributed by atoms with van der Waals surface area (Å²) in [5, 5.41) is 4.61. The van der Waals surface area contributed by atoms with Crippen LogP contribution in [0.15, 0.2) is 211 Å². The van der Waals surface area contributed by atoms with Crippen molar-refractivity contribution in [3.05, 3.63) is 217 Å². The molecule has 3 nitrogen and oxygen atoms in total. The molecule has 0 amide bonds. The Hall–Kier alpha value is -7.62. The van der Waals surface area contributed by atoms with Crippen molar-refractivity contribution in [2.75, 3.05) is 4.90 Å². The second-order valence-electron chi connectivity index (χ2n) is 16.5. The van der Waals surface area contributed by atoms with Gasteiger partial charge in [-0.05, 0) is 87.5 Å². The highest BCUT2D eigenvalue weighted by Gasteiger charge is 2.36. The third-order valence-electron chi connectivity index (χ3n) is 12.8. The van der Waals surface area contributed by atoms with E-state index in [4.69, 9.17) is 4.42 Å². The lowest BCUT2D eigenvalue weighted by molar-refractivity contribution is 0.660. The molecule has 2 aromatic heterocycles. The minimum absolute atomic E-state index is 0.142. The van der Waals surface area contributed by atoms with Crippen molar-refractivity contribution >= 4 is 60.8 Å². The van der Waals surface area contributed by atoms with E-state index in [1.807, 2.05) is 0 Å². The number of furan rings is 1. The highest BCUT2D eigenvalue weighted by molar-refractivity contribution is 6.28. The van der Waals surface area contributed by atoms with E-state index in [1.54, 1.807) is 0 Å². The van der Waals surface area contributed by atoms with Crippen LogP contribution in [0, 0.1) is 0 Å². The van der Waals surface area contributed by atoms with Crippen molar-refractivity contribution in [2.24, 2.45) is 0 Å². The van der Waals surface area contributed by atoms with Crippen LogP contribution in [0.1, 0.15) is 25.0 Å². The first-order valence-corrected chi connectivity index (χ1v) is 20.8. The van der Waals surface area contributed by atoms with Gasteiger partial charge in [-0.3, -0.25) is 0 Å². The summed E-state index contributed by atoms with van der Waals surface area (Å²) in [5.74, 6) is 0. The minimum Gasteiger partial charge on any atom is -0.456 e. The predicted octanol–water partition coefficient (Wildman–Crippen LogP) is 15.8. The molecule has 11 aromatic rings. The monoisotopic (exact) mass is 768 g/mol. The van der Waals surface area contributed by atoms with E-state index in [1.165, 1.54) is 49.7 Å². The summed E-state index contributed by atoms with van der Waals surface area (Å²) in [5.41, 5.74) is 18.3. The summed E-state index contributed by atoms with van der Waals surface area (Å²) in [7, 11) is 0. The van der Waals surface area contributed by atoms with Gasteiger partial charge in [-0.15, -0.1) is 0 Å². The predicted molar refractivity (Wildman–Crippen MR) is 251 cm³/mol. The maximum absolute atomic E-state index is 6.78. The second kappa shape index (κ2) is 13.2. The van der Waals surface area contributed by atoms with E-state index in [9.17, 15) is 0 Å². The van der Waals surface area contributed by atoms with E-state index in [0.717, 1.165) is 61.3 Å². The number of hydrogen-bond acceptors (Lipinski definition) is 2. The SMILES string of the molecule is CC1(C)c2ccccc2-c2ccc(N(c3ccccc3)c3cccc4c5c(-c6ccc(-c7ccccc7)cc6)c6c(cc5n(-c5ccccc5)c34)oc3ccccc36)cc21. The largest absolute Gasteiger partial charge is 0.456 e. The van der Waals surface area contributed by atoms with Gasteiger partial charge in [0.05, 0.1) is 16.7 Å². The summed E-state index contributed by atoms with van der Waals surface area (Å²) in [4.78, 5) is 2.45. The lowest BCUT2D eigenvalue weighted by Crippen LogP contribution is -2.17. The molecule has 0 bridgehead atoms. The normalized spacial score (nSPS) is 13.0. The first kappa shape index (κ1) is 34.4. The van der Waals surface area contributed by atoms with E-state index in [-0.39, 0.29) is 5.41 Å². The molecule has 1 aliphatic rings. The maximum Gasteiger partial charge on any atom is 0.138 e. The average Bonchev–Trinajstić information content (AvgIpc) is 3.92. The van der Waals surface area contributed by atoms with E-state index >= 15 is 0 Å². The van der Waals surface area contributed by atoms with Gasteiger partial charge in [-0.1, -0.05) is 166 Å². The molecule has 60 heavy (non-hydrogen) atoms. The third kappa shape index (κ3) is 5.09. The smallest absolute Gasteiger partial charge is 0.138 e. The Bertz CT molecular complexity index is 3430. The van der Waals surface area contributed by atoms with Gasteiger partial charge in [0.25, 0.3) is 0 Å². The van der Waals surface area contributed by atoms with E-state index < -0.39 is 0 Å². The Kier molecular flexibility index (Phi) is 7.58. The Labute approximate surface area is 349 Å². The molecule has 0 radical (unpaired) electrons. The highest BCUT2D eigenvalue weighted by atomic mass is 16.3. The van der Waals surface area contributed by atoms with Crippen molar-refractivity contribution in [3.63, 3.8) is 0 Å². The van der Waals surface area contributed by atoms with Gasteiger partial charge >= 0.3 is 0 Å². The van der Waals surface area contributed by atoms with Gasteiger partial charge in [-0.25, -0.2) is 0 Å². The Morgan fingerprint density at radius 3 is 1.88 bits per heavy atom. The molecule has 9 aromatic carbocycles. The summed E-state index contributed by atoms with van der Waals surface area (Å²) in [6.07, 6.45) is 0. The van der Waals surface area contributed by atoms with Crippen molar-refractivity contribution in [2.45, 2.75) is 19.3 Å². The fraction of sp³-hybridized carbons (Fsp3) is 0.0526.